The first-order valence-corrected chi connectivity index (χ1v) is 9.30. The number of carbonyl (C=O) groups is 4. The molecule has 0 radical (unpaired) electrons. The van der Waals surface area contributed by atoms with E-state index in [0.29, 0.717) is 17.9 Å². The van der Waals surface area contributed by atoms with Crippen LogP contribution < -0.4 is 10.6 Å². The Morgan fingerprint density at radius 1 is 1.00 bits per heavy atom. The summed E-state index contributed by atoms with van der Waals surface area (Å²) < 4.78 is 14.9. The first-order valence-electron chi connectivity index (χ1n) is 9.30. The van der Waals surface area contributed by atoms with Gasteiger partial charge in [-0.15, -0.1) is 0 Å². The van der Waals surface area contributed by atoms with Crippen molar-refractivity contribution in [1.82, 2.24) is 5.32 Å². The number of amides is 2. The van der Waals surface area contributed by atoms with Gasteiger partial charge in [0.2, 0.25) is 0 Å². The van der Waals surface area contributed by atoms with E-state index in [1.54, 1.807) is 32.9 Å². The van der Waals surface area contributed by atoms with Crippen LogP contribution in [0.5, 0.6) is 0 Å². The maximum atomic E-state index is 11.8. The Morgan fingerprint density at radius 3 is 2.24 bits per heavy atom. The Labute approximate surface area is 170 Å². The average Bonchev–Trinajstić information content (AvgIpc) is 2.63. The number of anilines is 1. The molecule has 2 amide bonds. The van der Waals surface area contributed by atoms with Crippen LogP contribution in [-0.2, 0) is 23.8 Å². The summed E-state index contributed by atoms with van der Waals surface area (Å²) in [5.41, 5.74) is 0.196. The van der Waals surface area contributed by atoms with Crippen LogP contribution in [0.25, 0.3) is 0 Å². The number of hydrogen-bond donors (Lipinski definition) is 2. The van der Waals surface area contributed by atoms with Gasteiger partial charge in [0.05, 0.1) is 18.6 Å². The van der Waals surface area contributed by atoms with Crippen molar-refractivity contribution in [2.75, 3.05) is 25.1 Å². The van der Waals surface area contributed by atoms with Gasteiger partial charge in [-0.1, -0.05) is 6.92 Å². The van der Waals surface area contributed by atoms with Crippen LogP contribution in [-0.4, -0.2) is 49.3 Å². The lowest BCUT2D eigenvalue weighted by molar-refractivity contribution is -0.147. The molecule has 0 bridgehead atoms. The van der Waals surface area contributed by atoms with Gasteiger partial charge < -0.3 is 24.8 Å². The summed E-state index contributed by atoms with van der Waals surface area (Å²) in [4.78, 5) is 46.6. The highest BCUT2D eigenvalue weighted by Gasteiger charge is 2.16. The summed E-state index contributed by atoms with van der Waals surface area (Å²) in [7, 11) is 0. The summed E-state index contributed by atoms with van der Waals surface area (Å²) in [6.45, 7) is 6.99. The van der Waals surface area contributed by atoms with Crippen LogP contribution in [0.2, 0.25) is 0 Å². The number of benzene rings is 1. The van der Waals surface area contributed by atoms with Crippen molar-refractivity contribution in [3.05, 3.63) is 29.8 Å². The average molecular weight is 408 g/mol. The molecule has 1 rings (SSSR count). The summed E-state index contributed by atoms with van der Waals surface area (Å²) >= 11 is 0. The van der Waals surface area contributed by atoms with Gasteiger partial charge in [-0.25, -0.2) is 9.59 Å². The van der Waals surface area contributed by atoms with E-state index in [1.807, 2.05) is 6.92 Å². The third kappa shape index (κ3) is 10.7. The third-order valence-electron chi connectivity index (χ3n) is 3.20. The lowest BCUT2D eigenvalue weighted by atomic mass is 10.2. The highest BCUT2D eigenvalue weighted by molar-refractivity contribution is 5.94. The van der Waals surface area contributed by atoms with Gasteiger partial charge in [-0.2, -0.15) is 0 Å². The highest BCUT2D eigenvalue weighted by atomic mass is 16.6. The van der Waals surface area contributed by atoms with Gasteiger partial charge in [0.15, 0.2) is 6.61 Å². The normalized spacial score (nSPS) is 10.6. The van der Waals surface area contributed by atoms with E-state index in [0.717, 1.165) is 6.42 Å². The molecular weight excluding hydrogens is 380 g/mol. The standard InChI is InChI=1S/C20H28N2O7/c1-5-12-27-18(25)14-6-8-15(9-7-14)22-16(23)13-28-17(24)10-11-21-19(26)29-20(2,3)4/h6-9H,5,10-13H2,1-4H3,(H,21,26)(H,22,23). The molecule has 29 heavy (non-hydrogen) atoms. The quantitative estimate of drug-likeness (QED) is 0.476. The van der Waals surface area contributed by atoms with Crippen LogP contribution in [0, 0.1) is 0 Å². The van der Waals surface area contributed by atoms with E-state index in [1.165, 1.54) is 12.1 Å². The van der Waals surface area contributed by atoms with Gasteiger partial charge in [-0.05, 0) is 51.5 Å². The van der Waals surface area contributed by atoms with Crippen molar-refractivity contribution in [2.24, 2.45) is 0 Å². The molecule has 0 fully saturated rings. The SMILES string of the molecule is CCCOC(=O)c1ccc(NC(=O)COC(=O)CCNC(=O)OC(C)(C)C)cc1. The van der Waals surface area contributed by atoms with Crippen LogP contribution in [0.4, 0.5) is 10.5 Å². The number of nitrogens with one attached hydrogen (secondary N) is 2. The highest BCUT2D eigenvalue weighted by Crippen LogP contribution is 2.11. The molecule has 1 aromatic rings. The maximum Gasteiger partial charge on any atom is 0.407 e. The zero-order valence-electron chi connectivity index (χ0n) is 17.2. The second-order valence-electron chi connectivity index (χ2n) is 7.10. The van der Waals surface area contributed by atoms with Crippen molar-refractivity contribution in [2.45, 2.75) is 46.1 Å². The molecule has 0 heterocycles. The molecule has 0 aliphatic heterocycles. The fourth-order valence-corrected chi connectivity index (χ4v) is 1.96. The van der Waals surface area contributed by atoms with Crippen LogP contribution in [0.15, 0.2) is 24.3 Å². The molecule has 0 aliphatic carbocycles. The molecule has 9 nitrogen and oxygen atoms in total. The van der Waals surface area contributed by atoms with Crippen molar-refractivity contribution in [3.63, 3.8) is 0 Å². The van der Waals surface area contributed by atoms with Crippen LogP contribution >= 0.6 is 0 Å². The molecule has 2 N–H and O–H groups in total. The number of rotatable bonds is 9. The Balaban J connectivity index is 2.30. The Hall–Kier alpha value is -3.10. The molecule has 1 aromatic carbocycles. The fourth-order valence-electron chi connectivity index (χ4n) is 1.96. The van der Waals surface area contributed by atoms with Crippen molar-refractivity contribution in [1.29, 1.82) is 0 Å². The molecule has 0 aliphatic rings. The predicted molar refractivity (Wildman–Crippen MR) is 105 cm³/mol. The van der Waals surface area contributed by atoms with E-state index in [9.17, 15) is 19.2 Å². The van der Waals surface area contributed by atoms with E-state index in [2.05, 4.69) is 10.6 Å². The van der Waals surface area contributed by atoms with Gasteiger partial charge >= 0.3 is 18.0 Å². The van der Waals surface area contributed by atoms with Crippen molar-refractivity contribution in [3.8, 4) is 0 Å². The minimum atomic E-state index is -0.634. The molecular formula is C20H28N2O7. The van der Waals surface area contributed by atoms with E-state index < -0.39 is 36.1 Å². The molecule has 9 heteroatoms. The number of alkyl carbamates (subject to hydrolysis) is 1. The molecule has 0 aromatic heterocycles. The summed E-state index contributed by atoms with van der Waals surface area (Å²) in [5.74, 6) is -1.59. The number of carbonyl (C=O) groups excluding carboxylic acids is 4. The fraction of sp³-hybridized carbons (Fsp3) is 0.500. The molecule has 0 unspecified atom stereocenters. The maximum absolute atomic E-state index is 11.8. The minimum Gasteiger partial charge on any atom is -0.462 e. The monoisotopic (exact) mass is 408 g/mol. The van der Waals surface area contributed by atoms with Gasteiger partial charge in [-0.3, -0.25) is 9.59 Å². The molecule has 0 saturated carbocycles. The first-order chi connectivity index (χ1) is 13.6. The lowest BCUT2D eigenvalue weighted by Gasteiger charge is -2.19. The van der Waals surface area contributed by atoms with Crippen LogP contribution in [0.1, 0.15) is 50.9 Å². The van der Waals surface area contributed by atoms with Gasteiger partial charge in [0.1, 0.15) is 5.60 Å². The van der Waals surface area contributed by atoms with E-state index in [-0.39, 0.29) is 13.0 Å². The van der Waals surface area contributed by atoms with Crippen molar-refractivity contribution < 1.29 is 33.4 Å². The Kier molecular flexibility index (Phi) is 9.64. The second-order valence-corrected chi connectivity index (χ2v) is 7.10. The van der Waals surface area contributed by atoms with E-state index >= 15 is 0 Å². The molecule has 160 valence electrons. The molecule has 0 saturated heterocycles. The Bertz CT molecular complexity index is 709. The smallest absolute Gasteiger partial charge is 0.407 e. The largest absolute Gasteiger partial charge is 0.462 e. The Morgan fingerprint density at radius 2 is 1.66 bits per heavy atom. The number of ether oxygens (including phenoxy) is 3. The predicted octanol–water partition coefficient (Wildman–Crippen LogP) is 2.65. The van der Waals surface area contributed by atoms with E-state index in [4.69, 9.17) is 14.2 Å². The minimum absolute atomic E-state index is 0.0327. The summed E-state index contributed by atoms with van der Waals surface area (Å²) in [6, 6.07) is 6.16. The summed E-state index contributed by atoms with van der Waals surface area (Å²) in [6.07, 6.45) is 0.00147. The number of hydrogen-bond acceptors (Lipinski definition) is 7. The first kappa shape index (κ1) is 23.9. The van der Waals surface area contributed by atoms with Crippen LogP contribution in [0.3, 0.4) is 0 Å². The topological polar surface area (TPSA) is 120 Å². The molecule has 0 spiro atoms. The summed E-state index contributed by atoms with van der Waals surface area (Å²) in [5, 5.41) is 4.97. The number of esters is 2. The third-order valence-corrected chi connectivity index (χ3v) is 3.20. The molecule has 0 atom stereocenters. The lowest BCUT2D eigenvalue weighted by Crippen LogP contribution is -2.34. The van der Waals surface area contributed by atoms with Gasteiger partial charge in [0.25, 0.3) is 5.91 Å². The van der Waals surface area contributed by atoms with Gasteiger partial charge in [0, 0.05) is 12.2 Å². The second kappa shape index (κ2) is 11.7. The zero-order valence-corrected chi connectivity index (χ0v) is 17.2. The van der Waals surface area contributed by atoms with Crippen molar-refractivity contribution >= 4 is 29.6 Å². The zero-order chi connectivity index (χ0) is 21.9.